The highest BCUT2D eigenvalue weighted by Crippen LogP contribution is 2.09. The first kappa shape index (κ1) is 14.6. The number of tetrazole rings is 1. The third-order valence-electron chi connectivity index (χ3n) is 2.79. The molecule has 2 aromatic rings. The molecule has 0 aliphatic carbocycles. The van der Waals surface area contributed by atoms with Crippen molar-refractivity contribution in [1.29, 1.82) is 0 Å². The molecule has 7 heteroatoms. The SMILES string of the molecule is Cc1ccc(-n2nnnc2CNC(=O)CCCBr)cc1. The van der Waals surface area contributed by atoms with Crippen LogP contribution in [0.2, 0.25) is 0 Å². The average Bonchev–Trinajstić information content (AvgIpc) is 2.92. The van der Waals surface area contributed by atoms with E-state index in [-0.39, 0.29) is 5.91 Å². The van der Waals surface area contributed by atoms with E-state index in [2.05, 4.69) is 36.8 Å². The van der Waals surface area contributed by atoms with Crippen molar-refractivity contribution in [3.05, 3.63) is 35.7 Å². The molecule has 0 fully saturated rings. The van der Waals surface area contributed by atoms with E-state index in [1.165, 1.54) is 5.56 Å². The minimum absolute atomic E-state index is 0.00269. The van der Waals surface area contributed by atoms with Crippen LogP contribution in [0.5, 0.6) is 0 Å². The number of aryl methyl sites for hydroxylation is 1. The smallest absolute Gasteiger partial charge is 0.220 e. The normalized spacial score (nSPS) is 10.5. The number of alkyl halides is 1. The second kappa shape index (κ2) is 7.14. The van der Waals surface area contributed by atoms with Crippen LogP contribution in [-0.4, -0.2) is 31.4 Å². The van der Waals surface area contributed by atoms with Crippen LogP contribution in [-0.2, 0) is 11.3 Å². The van der Waals surface area contributed by atoms with Gasteiger partial charge in [-0.2, -0.15) is 4.68 Å². The average molecular weight is 338 g/mol. The highest BCUT2D eigenvalue weighted by Gasteiger charge is 2.09. The van der Waals surface area contributed by atoms with Gasteiger partial charge in [-0.1, -0.05) is 33.6 Å². The van der Waals surface area contributed by atoms with Gasteiger partial charge in [-0.05, 0) is 35.9 Å². The van der Waals surface area contributed by atoms with Gasteiger partial charge in [-0.15, -0.1) is 5.10 Å². The van der Waals surface area contributed by atoms with Gasteiger partial charge < -0.3 is 5.32 Å². The standard InChI is InChI=1S/C13H16BrN5O/c1-10-4-6-11(7-5-10)19-12(16-17-18-19)9-15-13(20)3-2-8-14/h4-7H,2-3,8-9H2,1H3,(H,15,20). The van der Waals surface area contributed by atoms with Gasteiger partial charge in [0.1, 0.15) is 0 Å². The van der Waals surface area contributed by atoms with E-state index in [1.54, 1.807) is 4.68 Å². The summed E-state index contributed by atoms with van der Waals surface area (Å²) in [6, 6.07) is 7.88. The summed E-state index contributed by atoms with van der Waals surface area (Å²) in [5.74, 6) is 0.615. The lowest BCUT2D eigenvalue weighted by molar-refractivity contribution is -0.121. The number of rotatable bonds is 6. The zero-order valence-electron chi connectivity index (χ0n) is 11.2. The fraction of sp³-hybridized carbons (Fsp3) is 0.385. The van der Waals surface area contributed by atoms with E-state index < -0.39 is 0 Å². The van der Waals surface area contributed by atoms with Crippen molar-refractivity contribution in [2.24, 2.45) is 0 Å². The summed E-state index contributed by atoms with van der Waals surface area (Å²) in [5.41, 5.74) is 2.05. The zero-order valence-corrected chi connectivity index (χ0v) is 12.8. The molecular formula is C13H16BrN5O. The first-order valence-electron chi connectivity index (χ1n) is 6.37. The summed E-state index contributed by atoms with van der Waals surface area (Å²) in [7, 11) is 0. The Labute approximate surface area is 125 Å². The molecule has 6 nitrogen and oxygen atoms in total. The third-order valence-corrected chi connectivity index (χ3v) is 3.35. The number of carbonyl (C=O) groups is 1. The van der Waals surface area contributed by atoms with E-state index in [1.807, 2.05) is 31.2 Å². The van der Waals surface area contributed by atoms with Crippen LogP contribution >= 0.6 is 15.9 Å². The molecule has 1 N–H and O–H groups in total. The molecule has 0 aliphatic rings. The van der Waals surface area contributed by atoms with Gasteiger partial charge in [-0.3, -0.25) is 4.79 Å². The monoisotopic (exact) mass is 337 g/mol. The Bertz CT molecular complexity index is 566. The Morgan fingerprint density at radius 1 is 1.35 bits per heavy atom. The second-order valence-corrected chi connectivity index (χ2v) is 5.20. The van der Waals surface area contributed by atoms with Crippen LogP contribution in [0.4, 0.5) is 0 Å². The summed E-state index contributed by atoms with van der Waals surface area (Å²) in [5, 5.41) is 15.2. The number of aromatic nitrogens is 4. The van der Waals surface area contributed by atoms with Gasteiger partial charge in [0, 0.05) is 11.8 Å². The molecule has 0 atom stereocenters. The van der Waals surface area contributed by atoms with Crippen molar-refractivity contribution >= 4 is 21.8 Å². The Morgan fingerprint density at radius 3 is 2.80 bits per heavy atom. The molecule has 20 heavy (non-hydrogen) atoms. The number of hydrogen-bond acceptors (Lipinski definition) is 4. The molecule has 0 aliphatic heterocycles. The van der Waals surface area contributed by atoms with E-state index >= 15 is 0 Å². The highest BCUT2D eigenvalue weighted by atomic mass is 79.9. The van der Waals surface area contributed by atoms with E-state index in [0.29, 0.717) is 18.8 Å². The van der Waals surface area contributed by atoms with Gasteiger partial charge in [0.2, 0.25) is 5.91 Å². The molecule has 0 radical (unpaired) electrons. The summed E-state index contributed by atoms with van der Waals surface area (Å²) < 4.78 is 1.63. The number of halogens is 1. The summed E-state index contributed by atoms with van der Waals surface area (Å²) in [6.45, 7) is 2.34. The van der Waals surface area contributed by atoms with E-state index in [0.717, 1.165) is 17.4 Å². The molecule has 106 valence electrons. The lowest BCUT2D eigenvalue weighted by Gasteiger charge is -2.06. The quantitative estimate of drug-likeness (QED) is 0.815. The van der Waals surface area contributed by atoms with Crippen LogP contribution in [0.25, 0.3) is 5.69 Å². The molecule has 1 aromatic heterocycles. The van der Waals surface area contributed by atoms with Crippen molar-refractivity contribution in [3.8, 4) is 5.69 Å². The molecule has 0 bridgehead atoms. The summed E-state index contributed by atoms with van der Waals surface area (Å²) in [4.78, 5) is 11.6. The Balaban J connectivity index is 2.02. The van der Waals surface area contributed by atoms with Crippen LogP contribution in [0.3, 0.4) is 0 Å². The third kappa shape index (κ3) is 3.86. The minimum Gasteiger partial charge on any atom is -0.349 e. The molecule has 2 rings (SSSR count). The number of amides is 1. The fourth-order valence-electron chi connectivity index (χ4n) is 1.70. The zero-order chi connectivity index (χ0) is 14.4. The fourth-order valence-corrected chi connectivity index (χ4v) is 1.98. The molecular weight excluding hydrogens is 322 g/mol. The van der Waals surface area contributed by atoms with Crippen LogP contribution < -0.4 is 5.32 Å². The maximum absolute atomic E-state index is 11.6. The summed E-state index contributed by atoms with van der Waals surface area (Å²) >= 11 is 3.30. The Morgan fingerprint density at radius 2 is 2.10 bits per heavy atom. The molecule has 0 saturated carbocycles. The van der Waals surface area contributed by atoms with Crippen molar-refractivity contribution in [2.75, 3.05) is 5.33 Å². The van der Waals surface area contributed by atoms with Gasteiger partial charge in [-0.25, -0.2) is 0 Å². The van der Waals surface area contributed by atoms with Gasteiger partial charge >= 0.3 is 0 Å². The van der Waals surface area contributed by atoms with Crippen LogP contribution in [0.1, 0.15) is 24.2 Å². The van der Waals surface area contributed by atoms with Gasteiger partial charge in [0.05, 0.1) is 12.2 Å². The van der Waals surface area contributed by atoms with Crippen molar-refractivity contribution in [3.63, 3.8) is 0 Å². The predicted octanol–water partition coefficient (Wildman–Crippen LogP) is 1.76. The topological polar surface area (TPSA) is 72.7 Å². The highest BCUT2D eigenvalue weighted by molar-refractivity contribution is 9.09. The number of nitrogens with one attached hydrogen (secondary N) is 1. The van der Waals surface area contributed by atoms with E-state index in [9.17, 15) is 4.79 Å². The van der Waals surface area contributed by atoms with Gasteiger partial charge in [0.15, 0.2) is 5.82 Å². The Kier molecular flexibility index (Phi) is 5.23. The van der Waals surface area contributed by atoms with Crippen LogP contribution in [0, 0.1) is 6.92 Å². The predicted molar refractivity (Wildman–Crippen MR) is 78.8 cm³/mol. The van der Waals surface area contributed by atoms with Crippen molar-refractivity contribution in [2.45, 2.75) is 26.3 Å². The lowest BCUT2D eigenvalue weighted by Crippen LogP contribution is -2.24. The van der Waals surface area contributed by atoms with Crippen molar-refractivity contribution < 1.29 is 4.79 Å². The minimum atomic E-state index is 0.00269. The molecule has 0 unspecified atom stereocenters. The molecule has 0 spiro atoms. The molecule has 1 heterocycles. The van der Waals surface area contributed by atoms with E-state index in [4.69, 9.17) is 0 Å². The Hall–Kier alpha value is -1.76. The molecule has 0 saturated heterocycles. The number of carbonyl (C=O) groups excluding carboxylic acids is 1. The first-order valence-corrected chi connectivity index (χ1v) is 7.50. The number of nitrogens with zero attached hydrogens (tertiary/aromatic N) is 4. The van der Waals surface area contributed by atoms with Crippen LogP contribution in [0.15, 0.2) is 24.3 Å². The lowest BCUT2D eigenvalue weighted by atomic mass is 10.2. The van der Waals surface area contributed by atoms with Gasteiger partial charge in [0.25, 0.3) is 0 Å². The molecule has 1 aromatic carbocycles. The number of hydrogen-bond donors (Lipinski definition) is 1. The van der Waals surface area contributed by atoms with Crippen molar-refractivity contribution in [1.82, 2.24) is 25.5 Å². The second-order valence-electron chi connectivity index (χ2n) is 4.41. The summed E-state index contributed by atoms with van der Waals surface area (Å²) in [6.07, 6.45) is 1.31. The largest absolute Gasteiger partial charge is 0.349 e. The first-order chi connectivity index (χ1) is 9.70. The number of benzene rings is 1. The maximum Gasteiger partial charge on any atom is 0.220 e. The maximum atomic E-state index is 11.6. The molecule has 1 amide bonds.